The zero-order valence-corrected chi connectivity index (χ0v) is 18.4. The van der Waals surface area contributed by atoms with Gasteiger partial charge in [0, 0.05) is 12.6 Å². The molecule has 0 saturated carbocycles. The van der Waals surface area contributed by atoms with Crippen molar-refractivity contribution in [2.24, 2.45) is 4.99 Å². The lowest BCUT2D eigenvalue weighted by molar-refractivity contribution is -0.121. The van der Waals surface area contributed by atoms with Crippen LogP contribution in [0.2, 0.25) is 0 Å². The van der Waals surface area contributed by atoms with E-state index >= 15 is 0 Å². The van der Waals surface area contributed by atoms with Crippen LogP contribution in [0.3, 0.4) is 0 Å². The molecule has 0 spiro atoms. The van der Waals surface area contributed by atoms with Gasteiger partial charge in [-0.25, -0.2) is 0 Å². The zero-order valence-electron chi connectivity index (χ0n) is 16.0. The number of aliphatic imine (C=N–C) groups is 1. The highest BCUT2D eigenvalue weighted by Gasteiger charge is 2.13. The third-order valence-electron chi connectivity index (χ3n) is 3.01. The fourth-order valence-corrected chi connectivity index (χ4v) is 2.20. The molecule has 142 valence electrons. The van der Waals surface area contributed by atoms with E-state index in [1.807, 2.05) is 46.8 Å². The smallest absolute Gasteiger partial charge is 0.239 e. The maximum atomic E-state index is 11.8. The van der Waals surface area contributed by atoms with Gasteiger partial charge in [-0.05, 0) is 57.9 Å². The van der Waals surface area contributed by atoms with E-state index in [2.05, 4.69) is 27.0 Å². The summed E-state index contributed by atoms with van der Waals surface area (Å²) in [6, 6.07) is 6.13. The Labute approximate surface area is 168 Å². The first-order chi connectivity index (χ1) is 11.2. The molecule has 0 aromatic heterocycles. The van der Waals surface area contributed by atoms with Crippen LogP contribution in [-0.4, -0.2) is 44.1 Å². The lowest BCUT2D eigenvalue weighted by Gasteiger charge is -2.21. The van der Waals surface area contributed by atoms with E-state index in [0.717, 1.165) is 5.75 Å². The molecule has 7 heteroatoms. The van der Waals surface area contributed by atoms with Crippen molar-refractivity contribution in [2.45, 2.75) is 40.2 Å². The standard InChI is InChI=1S/C18H30N4O2.HI/c1-13-9-14(2)11-15(10-13)24-8-7-20-17(19-6)21-12-16(23)22-18(3,4)5;/h9-11H,7-8,12H2,1-6H3,(H,22,23)(H2,19,20,21);1H. The highest BCUT2D eigenvalue weighted by atomic mass is 127. The summed E-state index contributed by atoms with van der Waals surface area (Å²) in [4.78, 5) is 15.9. The van der Waals surface area contributed by atoms with Crippen LogP contribution in [0.5, 0.6) is 5.75 Å². The van der Waals surface area contributed by atoms with E-state index in [0.29, 0.717) is 19.1 Å². The van der Waals surface area contributed by atoms with Gasteiger partial charge in [-0.2, -0.15) is 0 Å². The third-order valence-corrected chi connectivity index (χ3v) is 3.01. The summed E-state index contributed by atoms with van der Waals surface area (Å²) in [6.07, 6.45) is 0. The Bertz CT molecular complexity index is 563. The van der Waals surface area contributed by atoms with Gasteiger partial charge in [0.25, 0.3) is 0 Å². The minimum Gasteiger partial charge on any atom is -0.492 e. The quantitative estimate of drug-likeness (QED) is 0.263. The van der Waals surface area contributed by atoms with Gasteiger partial charge in [0.05, 0.1) is 13.1 Å². The summed E-state index contributed by atoms with van der Waals surface area (Å²) in [5.41, 5.74) is 2.12. The minimum absolute atomic E-state index is 0. The number of hydrogen-bond donors (Lipinski definition) is 3. The van der Waals surface area contributed by atoms with Crippen molar-refractivity contribution in [3.8, 4) is 5.75 Å². The van der Waals surface area contributed by atoms with Gasteiger partial charge in [0.15, 0.2) is 5.96 Å². The average molecular weight is 462 g/mol. The molecule has 6 nitrogen and oxygen atoms in total. The molecule has 0 unspecified atom stereocenters. The molecule has 3 N–H and O–H groups in total. The number of amides is 1. The Morgan fingerprint density at radius 3 is 2.24 bits per heavy atom. The number of aryl methyl sites for hydroxylation is 2. The Morgan fingerprint density at radius 2 is 1.72 bits per heavy atom. The van der Waals surface area contributed by atoms with E-state index in [-0.39, 0.29) is 42.0 Å². The Morgan fingerprint density at radius 1 is 1.12 bits per heavy atom. The van der Waals surface area contributed by atoms with Crippen molar-refractivity contribution in [3.05, 3.63) is 29.3 Å². The molecule has 0 heterocycles. The van der Waals surface area contributed by atoms with E-state index in [1.54, 1.807) is 7.05 Å². The van der Waals surface area contributed by atoms with Crippen molar-refractivity contribution >= 4 is 35.8 Å². The second-order valence-corrected chi connectivity index (χ2v) is 6.82. The normalized spacial score (nSPS) is 11.4. The topological polar surface area (TPSA) is 74.8 Å². The molecule has 1 aromatic rings. The van der Waals surface area contributed by atoms with Gasteiger partial charge in [-0.15, -0.1) is 24.0 Å². The van der Waals surface area contributed by atoms with E-state index in [1.165, 1.54) is 11.1 Å². The van der Waals surface area contributed by atoms with Crippen LogP contribution in [0, 0.1) is 13.8 Å². The molecule has 0 bridgehead atoms. The first-order valence-corrected chi connectivity index (χ1v) is 8.16. The second kappa shape index (κ2) is 11.2. The molecular weight excluding hydrogens is 431 g/mol. The predicted octanol–water partition coefficient (Wildman–Crippen LogP) is 2.38. The van der Waals surface area contributed by atoms with Gasteiger partial charge >= 0.3 is 0 Å². The van der Waals surface area contributed by atoms with Gasteiger partial charge in [-0.1, -0.05) is 6.07 Å². The number of ether oxygens (including phenoxy) is 1. The molecule has 1 aromatic carbocycles. The molecule has 25 heavy (non-hydrogen) atoms. The van der Waals surface area contributed by atoms with E-state index < -0.39 is 0 Å². The summed E-state index contributed by atoms with van der Waals surface area (Å²) in [7, 11) is 1.67. The van der Waals surface area contributed by atoms with E-state index in [9.17, 15) is 4.79 Å². The monoisotopic (exact) mass is 462 g/mol. The molecule has 1 amide bonds. The van der Waals surface area contributed by atoms with Crippen LogP contribution >= 0.6 is 24.0 Å². The highest BCUT2D eigenvalue weighted by Crippen LogP contribution is 2.15. The van der Waals surface area contributed by atoms with E-state index in [4.69, 9.17) is 4.74 Å². The number of carbonyl (C=O) groups excluding carboxylic acids is 1. The van der Waals surface area contributed by atoms with Crippen LogP contribution in [0.1, 0.15) is 31.9 Å². The first kappa shape index (κ1) is 23.5. The average Bonchev–Trinajstić information content (AvgIpc) is 2.43. The predicted molar refractivity (Wildman–Crippen MR) is 114 cm³/mol. The highest BCUT2D eigenvalue weighted by molar-refractivity contribution is 14.0. The van der Waals surface area contributed by atoms with Crippen LogP contribution in [0.4, 0.5) is 0 Å². The molecule has 0 aliphatic rings. The largest absolute Gasteiger partial charge is 0.492 e. The molecule has 0 aliphatic carbocycles. The molecule has 0 radical (unpaired) electrons. The van der Waals surface area contributed by atoms with Gasteiger partial charge in [-0.3, -0.25) is 9.79 Å². The lowest BCUT2D eigenvalue weighted by Crippen LogP contribution is -2.48. The molecule has 1 rings (SSSR count). The maximum Gasteiger partial charge on any atom is 0.239 e. The molecule has 0 fully saturated rings. The first-order valence-electron chi connectivity index (χ1n) is 8.16. The van der Waals surface area contributed by atoms with Crippen molar-refractivity contribution < 1.29 is 9.53 Å². The number of halogens is 1. The van der Waals surface area contributed by atoms with Crippen molar-refractivity contribution in [3.63, 3.8) is 0 Å². The van der Waals surface area contributed by atoms with Gasteiger partial charge in [0.2, 0.25) is 5.91 Å². The molecule has 0 atom stereocenters. The fourth-order valence-electron chi connectivity index (χ4n) is 2.20. The number of guanidine groups is 1. The van der Waals surface area contributed by atoms with Crippen molar-refractivity contribution in [1.82, 2.24) is 16.0 Å². The second-order valence-electron chi connectivity index (χ2n) is 6.82. The van der Waals surface area contributed by atoms with Gasteiger partial charge in [0.1, 0.15) is 12.4 Å². The van der Waals surface area contributed by atoms with Crippen LogP contribution < -0.4 is 20.7 Å². The van der Waals surface area contributed by atoms with Crippen LogP contribution in [-0.2, 0) is 4.79 Å². The van der Waals surface area contributed by atoms with Crippen LogP contribution in [0.25, 0.3) is 0 Å². The lowest BCUT2D eigenvalue weighted by atomic mass is 10.1. The zero-order chi connectivity index (χ0) is 18.2. The van der Waals surface area contributed by atoms with Crippen molar-refractivity contribution in [1.29, 1.82) is 0 Å². The SMILES string of the molecule is CN=C(NCCOc1cc(C)cc(C)c1)NCC(=O)NC(C)(C)C.I. The summed E-state index contributed by atoms with van der Waals surface area (Å²) in [5, 5.41) is 8.99. The number of rotatable bonds is 6. The van der Waals surface area contributed by atoms with Crippen molar-refractivity contribution in [2.75, 3.05) is 26.7 Å². The van der Waals surface area contributed by atoms with Crippen LogP contribution in [0.15, 0.2) is 23.2 Å². The molecule has 0 saturated heterocycles. The number of nitrogens with zero attached hydrogens (tertiary/aromatic N) is 1. The Kier molecular flexibility index (Phi) is 10.5. The number of carbonyl (C=O) groups is 1. The summed E-state index contributed by atoms with van der Waals surface area (Å²) in [6.45, 7) is 11.2. The summed E-state index contributed by atoms with van der Waals surface area (Å²) in [5.74, 6) is 1.36. The molecular formula is C18H31IN4O2. The summed E-state index contributed by atoms with van der Waals surface area (Å²) >= 11 is 0. The number of hydrogen-bond acceptors (Lipinski definition) is 3. The summed E-state index contributed by atoms with van der Waals surface area (Å²) < 4.78 is 5.73. The third kappa shape index (κ3) is 10.9. The minimum atomic E-state index is -0.241. The Hall–Kier alpha value is -1.51. The molecule has 0 aliphatic heterocycles. The van der Waals surface area contributed by atoms with Gasteiger partial charge < -0.3 is 20.7 Å². The number of nitrogens with one attached hydrogen (secondary N) is 3. The fraction of sp³-hybridized carbons (Fsp3) is 0.556. The number of benzene rings is 1. The Balaban J connectivity index is 0.00000576. The maximum absolute atomic E-state index is 11.8.